The highest BCUT2D eigenvalue weighted by Crippen LogP contribution is 2.31. The predicted molar refractivity (Wildman–Crippen MR) is 62.8 cm³/mol. The molecule has 0 aromatic carbocycles. The molecule has 1 heterocycles. The first-order valence-corrected chi connectivity index (χ1v) is 5.83. The smallest absolute Gasteiger partial charge is 0.219 e. The van der Waals surface area contributed by atoms with Crippen molar-refractivity contribution in [2.45, 2.75) is 44.7 Å². The lowest BCUT2D eigenvalue weighted by molar-refractivity contribution is -0.118. The first-order valence-electron chi connectivity index (χ1n) is 5.83. The predicted octanol–water partition coefficient (Wildman–Crippen LogP) is 1.26. The average molecular weight is 221 g/mol. The summed E-state index contributed by atoms with van der Waals surface area (Å²) in [5.74, 6) is -0.255. The van der Waals surface area contributed by atoms with E-state index >= 15 is 0 Å². The topological polar surface area (TPSA) is 74.0 Å². The van der Waals surface area contributed by atoms with E-state index in [2.05, 4.69) is 10.6 Å². The zero-order valence-electron chi connectivity index (χ0n) is 9.65. The van der Waals surface area contributed by atoms with Gasteiger partial charge in [0.2, 0.25) is 5.91 Å². The molecule has 0 fully saturated rings. The highest BCUT2D eigenvalue weighted by Gasteiger charge is 2.22. The van der Waals surface area contributed by atoms with Crippen LogP contribution in [0.4, 0.5) is 0 Å². The number of nitrogens with zero attached hydrogens (tertiary/aromatic N) is 1. The van der Waals surface area contributed by atoms with Gasteiger partial charge in [0.1, 0.15) is 0 Å². The maximum atomic E-state index is 10.9. The lowest BCUT2D eigenvalue weighted by Crippen LogP contribution is -2.21. The van der Waals surface area contributed by atoms with Gasteiger partial charge in [-0.15, -0.1) is 0 Å². The summed E-state index contributed by atoms with van der Waals surface area (Å²) in [6.07, 6.45) is 5.65. The Morgan fingerprint density at radius 2 is 2.44 bits per heavy atom. The zero-order valence-corrected chi connectivity index (χ0v) is 9.65. The number of hydrogen-bond donors (Lipinski definition) is 2. The third kappa shape index (κ3) is 1.97. The van der Waals surface area contributed by atoms with Crippen molar-refractivity contribution in [1.82, 2.24) is 4.57 Å². The Kier molecular flexibility index (Phi) is 3.01. The Balaban J connectivity index is 2.25. The molecule has 4 N–H and O–H groups in total. The summed E-state index contributed by atoms with van der Waals surface area (Å²) in [5.41, 5.74) is 13.8. The second-order valence-electron chi connectivity index (χ2n) is 4.64. The van der Waals surface area contributed by atoms with Crippen molar-refractivity contribution in [3.8, 4) is 0 Å². The lowest BCUT2D eigenvalue weighted by atomic mass is 9.93. The number of rotatable bonds is 3. The number of amides is 1. The highest BCUT2D eigenvalue weighted by atomic mass is 16.1. The van der Waals surface area contributed by atoms with Crippen molar-refractivity contribution in [2.75, 3.05) is 0 Å². The minimum Gasteiger partial charge on any atom is -0.370 e. The van der Waals surface area contributed by atoms with Crippen LogP contribution in [0, 0.1) is 0 Å². The molecule has 2 atom stereocenters. The van der Waals surface area contributed by atoms with Crippen LogP contribution in [0.1, 0.15) is 49.5 Å². The number of nitrogens with two attached hydrogens (primary N) is 2. The molecule has 1 aromatic rings. The molecule has 1 aliphatic carbocycles. The molecule has 0 saturated heterocycles. The minimum absolute atomic E-state index is 0.131. The van der Waals surface area contributed by atoms with Gasteiger partial charge in [0.15, 0.2) is 0 Å². The van der Waals surface area contributed by atoms with Crippen molar-refractivity contribution in [1.29, 1.82) is 0 Å². The van der Waals surface area contributed by atoms with Crippen LogP contribution in [-0.4, -0.2) is 10.5 Å². The van der Waals surface area contributed by atoms with Crippen molar-refractivity contribution < 1.29 is 4.79 Å². The fourth-order valence-corrected chi connectivity index (χ4v) is 2.55. The zero-order chi connectivity index (χ0) is 11.7. The molecule has 16 heavy (non-hydrogen) atoms. The van der Waals surface area contributed by atoms with E-state index in [4.69, 9.17) is 11.5 Å². The fraction of sp³-hybridized carbons (Fsp3) is 0.583. The molecule has 1 amide bonds. The highest BCUT2D eigenvalue weighted by molar-refractivity contribution is 5.74. The van der Waals surface area contributed by atoms with Gasteiger partial charge in [-0.2, -0.15) is 0 Å². The molecule has 1 aliphatic rings. The molecular formula is C12H19N3O. The molecule has 4 nitrogen and oxygen atoms in total. The van der Waals surface area contributed by atoms with E-state index in [9.17, 15) is 4.79 Å². The number of fused-ring (bicyclic) bond motifs is 1. The van der Waals surface area contributed by atoms with Gasteiger partial charge in [-0.05, 0) is 37.8 Å². The van der Waals surface area contributed by atoms with Crippen LogP contribution >= 0.6 is 0 Å². The molecule has 0 spiro atoms. The summed E-state index contributed by atoms with van der Waals surface area (Å²) in [5, 5.41) is 0. The van der Waals surface area contributed by atoms with Gasteiger partial charge in [0, 0.05) is 30.4 Å². The summed E-state index contributed by atoms with van der Waals surface area (Å²) in [6.45, 7) is 2.02. The van der Waals surface area contributed by atoms with Gasteiger partial charge in [-0.3, -0.25) is 4.79 Å². The Morgan fingerprint density at radius 1 is 1.69 bits per heavy atom. The van der Waals surface area contributed by atoms with E-state index in [1.54, 1.807) is 0 Å². The van der Waals surface area contributed by atoms with Crippen molar-refractivity contribution in [2.24, 2.45) is 11.5 Å². The van der Waals surface area contributed by atoms with Crippen LogP contribution in [0.15, 0.2) is 12.3 Å². The molecule has 4 heteroatoms. The van der Waals surface area contributed by atoms with Gasteiger partial charge in [-0.1, -0.05) is 0 Å². The normalized spacial score (nSPS) is 21.5. The minimum atomic E-state index is -0.255. The van der Waals surface area contributed by atoms with Crippen LogP contribution in [0.25, 0.3) is 0 Å². The van der Waals surface area contributed by atoms with Crippen molar-refractivity contribution in [3.05, 3.63) is 23.5 Å². The standard InChI is InChI=1S/C12H19N3O/c1-8(7-12(14)16)15-6-5-9-10(13)3-2-4-11(9)15/h5-6,8,10H,2-4,7,13H2,1H3,(H2,14,16). The lowest BCUT2D eigenvalue weighted by Gasteiger charge is -2.23. The summed E-state index contributed by atoms with van der Waals surface area (Å²) in [7, 11) is 0. The third-order valence-electron chi connectivity index (χ3n) is 3.36. The second kappa shape index (κ2) is 4.29. The van der Waals surface area contributed by atoms with Crippen LogP contribution in [0.3, 0.4) is 0 Å². The summed E-state index contributed by atoms with van der Waals surface area (Å²) in [6, 6.07) is 2.37. The molecule has 1 aromatic heterocycles. The summed E-state index contributed by atoms with van der Waals surface area (Å²) < 4.78 is 2.15. The van der Waals surface area contributed by atoms with Crippen molar-refractivity contribution in [3.63, 3.8) is 0 Å². The molecule has 88 valence electrons. The van der Waals surface area contributed by atoms with Gasteiger partial charge in [0.25, 0.3) is 0 Å². The van der Waals surface area contributed by atoms with E-state index in [1.165, 1.54) is 11.3 Å². The molecule has 0 bridgehead atoms. The van der Waals surface area contributed by atoms with Gasteiger partial charge in [0.05, 0.1) is 0 Å². The number of hydrogen-bond acceptors (Lipinski definition) is 2. The number of aromatic nitrogens is 1. The van der Waals surface area contributed by atoms with E-state index in [-0.39, 0.29) is 18.0 Å². The fourth-order valence-electron chi connectivity index (χ4n) is 2.55. The molecular weight excluding hydrogens is 202 g/mol. The van der Waals surface area contributed by atoms with Gasteiger partial charge in [-0.25, -0.2) is 0 Å². The van der Waals surface area contributed by atoms with Gasteiger partial charge < -0.3 is 16.0 Å². The second-order valence-corrected chi connectivity index (χ2v) is 4.64. The largest absolute Gasteiger partial charge is 0.370 e. The molecule has 0 aliphatic heterocycles. The Labute approximate surface area is 95.6 Å². The van der Waals surface area contributed by atoms with E-state index in [0.29, 0.717) is 6.42 Å². The number of primary amides is 1. The quantitative estimate of drug-likeness (QED) is 0.806. The Bertz CT molecular complexity index is 397. The monoisotopic (exact) mass is 221 g/mol. The summed E-state index contributed by atoms with van der Waals surface area (Å²) >= 11 is 0. The maximum absolute atomic E-state index is 10.9. The first-order chi connectivity index (χ1) is 7.59. The Morgan fingerprint density at radius 3 is 3.12 bits per heavy atom. The SMILES string of the molecule is CC(CC(N)=O)n1ccc2c1CCCC2N. The molecule has 2 unspecified atom stereocenters. The van der Waals surface area contributed by atoms with Crippen LogP contribution in [-0.2, 0) is 11.2 Å². The van der Waals surface area contributed by atoms with Crippen LogP contribution < -0.4 is 11.5 Å². The summed E-state index contributed by atoms with van der Waals surface area (Å²) in [4.78, 5) is 10.9. The van der Waals surface area contributed by atoms with Crippen molar-refractivity contribution >= 4 is 5.91 Å². The van der Waals surface area contributed by atoms with E-state index < -0.39 is 0 Å². The van der Waals surface area contributed by atoms with Crippen LogP contribution in [0.2, 0.25) is 0 Å². The Hall–Kier alpha value is -1.29. The molecule has 2 rings (SSSR count). The number of carbonyl (C=O) groups is 1. The van der Waals surface area contributed by atoms with Gasteiger partial charge >= 0.3 is 0 Å². The van der Waals surface area contributed by atoms with Crippen LogP contribution in [0.5, 0.6) is 0 Å². The number of carbonyl (C=O) groups excluding carboxylic acids is 1. The average Bonchev–Trinajstić information content (AvgIpc) is 2.61. The molecule has 0 saturated carbocycles. The molecule has 0 radical (unpaired) electrons. The van der Waals surface area contributed by atoms with E-state index in [0.717, 1.165) is 19.3 Å². The van der Waals surface area contributed by atoms with E-state index in [1.807, 2.05) is 13.1 Å². The third-order valence-corrected chi connectivity index (χ3v) is 3.36. The first kappa shape index (κ1) is 11.2. The maximum Gasteiger partial charge on any atom is 0.219 e.